The molecule has 2 aromatic rings. The first-order chi connectivity index (χ1) is 17.2. The van der Waals surface area contributed by atoms with Gasteiger partial charge in [-0.15, -0.1) is 0 Å². The molecule has 0 spiro atoms. The normalized spacial score (nSPS) is 23.3. The van der Waals surface area contributed by atoms with Crippen molar-refractivity contribution >= 4 is 11.9 Å². The molecule has 2 heterocycles. The topological polar surface area (TPSA) is 83.6 Å². The lowest BCUT2D eigenvalue weighted by molar-refractivity contribution is -0.196. The number of hydrogen-bond donors (Lipinski definition) is 0. The van der Waals surface area contributed by atoms with E-state index in [4.69, 9.17) is 23.7 Å². The van der Waals surface area contributed by atoms with Crippen LogP contribution in [0.5, 0.6) is 0 Å². The maximum Gasteiger partial charge on any atom is 0.338 e. The number of benzene rings is 2. The van der Waals surface area contributed by atoms with Crippen LogP contribution in [0.4, 0.5) is 0 Å². The summed E-state index contributed by atoms with van der Waals surface area (Å²) in [6, 6.07) is 17.4. The predicted molar refractivity (Wildman–Crippen MR) is 129 cm³/mol. The van der Waals surface area contributed by atoms with Crippen molar-refractivity contribution in [1.29, 1.82) is 0 Å². The molecule has 4 rings (SSSR count). The van der Waals surface area contributed by atoms with Gasteiger partial charge in [-0.3, -0.25) is 0 Å². The Labute approximate surface area is 206 Å². The molecular formula is C28H34O7. The minimum atomic E-state index is -0.826. The molecule has 7 heteroatoms. The second-order valence-electron chi connectivity index (χ2n) is 8.95. The van der Waals surface area contributed by atoms with Crippen molar-refractivity contribution in [2.45, 2.75) is 76.2 Å². The van der Waals surface area contributed by atoms with Gasteiger partial charge in [-0.25, -0.2) is 9.59 Å². The van der Waals surface area contributed by atoms with Gasteiger partial charge in [0.05, 0.1) is 11.1 Å². The average molecular weight is 483 g/mol. The third kappa shape index (κ3) is 7.13. The molecule has 0 aliphatic carbocycles. The summed E-state index contributed by atoms with van der Waals surface area (Å²) in [5, 5.41) is 0. The van der Waals surface area contributed by atoms with Crippen molar-refractivity contribution in [3.05, 3.63) is 71.8 Å². The predicted octanol–water partition coefficient (Wildman–Crippen LogP) is 4.94. The highest BCUT2D eigenvalue weighted by Crippen LogP contribution is 2.42. The van der Waals surface area contributed by atoms with Gasteiger partial charge in [0.2, 0.25) is 0 Å². The number of unbranched alkanes of at least 4 members (excludes halogenated alkanes) is 5. The molecule has 2 aliphatic heterocycles. The average Bonchev–Trinajstić information content (AvgIpc) is 3.62. The first kappa shape index (κ1) is 25.4. The van der Waals surface area contributed by atoms with E-state index in [1.165, 1.54) is 25.7 Å². The molecule has 2 fully saturated rings. The lowest BCUT2D eigenvalue weighted by Crippen LogP contribution is -2.40. The fourth-order valence-corrected chi connectivity index (χ4v) is 4.24. The summed E-state index contributed by atoms with van der Waals surface area (Å²) in [4.78, 5) is 25.2. The molecule has 0 aromatic heterocycles. The summed E-state index contributed by atoms with van der Waals surface area (Å²) in [7, 11) is 0. The highest BCUT2D eigenvalue weighted by Gasteiger charge is 2.62. The lowest BCUT2D eigenvalue weighted by Gasteiger charge is -2.25. The minimum Gasteiger partial charge on any atom is -0.458 e. The SMILES string of the molecule is CCCCCCCCO[C@H]1O[C@@H]([C@@H](COC(=O)c2ccccc2)OC(=O)c2ccccc2)[C@H]2O[C@@H]12. The molecule has 0 N–H and O–H groups in total. The van der Waals surface area contributed by atoms with Gasteiger partial charge in [0.1, 0.15) is 24.9 Å². The Morgan fingerprint density at radius 3 is 2.11 bits per heavy atom. The molecule has 5 atom stereocenters. The Balaban J connectivity index is 1.33. The molecule has 0 saturated carbocycles. The van der Waals surface area contributed by atoms with E-state index in [0.717, 1.165) is 12.8 Å². The van der Waals surface area contributed by atoms with Crippen molar-refractivity contribution < 1.29 is 33.3 Å². The van der Waals surface area contributed by atoms with Crippen LogP contribution in [0.25, 0.3) is 0 Å². The zero-order chi connectivity index (χ0) is 24.5. The van der Waals surface area contributed by atoms with E-state index < -0.39 is 30.4 Å². The van der Waals surface area contributed by atoms with Gasteiger partial charge in [0, 0.05) is 6.61 Å². The fourth-order valence-electron chi connectivity index (χ4n) is 4.24. The molecule has 2 aromatic carbocycles. The van der Waals surface area contributed by atoms with Gasteiger partial charge in [-0.2, -0.15) is 0 Å². The van der Waals surface area contributed by atoms with E-state index >= 15 is 0 Å². The Morgan fingerprint density at radius 2 is 1.43 bits per heavy atom. The van der Waals surface area contributed by atoms with Crippen molar-refractivity contribution in [1.82, 2.24) is 0 Å². The van der Waals surface area contributed by atoms with E-state index in [9.17, 15) is 9.59 Å². The van der Waals surface area contributed by atoms with E-state index in [0.29, 0.717) is 17.7 Å². The molecule has 0 amide bonds. The number of epoxide rings is 1. The van der Waals surface area contributed by atoms with E-state index in [2.05, 4.69) is 6.92 Å². The summed E-state index contributed by atoms with van der Waals surface area (Å²) in [6.45, 7) is 2.65. The number of carbonyl (C=O) groups is 2. The number of ether oxygens (including phenoxy) is 5. The molecule has 2 saturated heterocycles. The molecule has 0 bridgehead atoms. The second kappa shape index (κ2) is 12.8. The summed E-state index contributed by atoms with van der Waals surface area (Å²) in [6.07, 6.45) is 4.68. The quantitative estimate of drug-likeness (QED) is 0.214. The van der Waals surface area contributed by atoms with Crippen molar-refractivity contribution in [3.8, 4) is 0 Å². The van der Waals surface area contributed by atoms with Crippen LogP contribution in [0.2, 0.25) is 0 Å². The van der Waals surface area contributed by atoms with E-state index in [-0.39, 0.29) is 18.8 Å². The Kier molecular flexibility index (Phi) is 9.28. The summed E-state index contributed by atoms with van der Waals surface area (Å²) < 4.78 is 29.0. The third-order valence-electron chi connectivity index (χ3n) is 6.25. The maximum absolute atomic E-state index is 12.8. The number of carbonyl (C=O) groups excluding carboxylic acids is 2. The van der Waals surface area contributed by atoms with Crippen LogP contribution >= 0.6 is 0 Å². The molecule has 0 radical (unpaired) electrons. The van der Waals surface area contributed by atoms with Crippen LogP contribution in [0.3, 0.4) is 0 Å². The first-order valence-corrected chi connectivity index (χ1v) is 12.6. The minimum absolute atomic E-state index is 0.145. The standard InChI is InChI=1S/C28H34O7/c1-2-3-4-5-6-13-18-31-28-25-24(34-25)23(35-28)22(33-27(30)21-16-11-8-12-17-21)19-32-26(29)20-14-9-7-10-15-20/h7-12,14-17,22-25,28H,2-6,13,18-19H2,1H3/t22-,23+,24-,25-,28+/m1/s1. The highest BCUT2D eigenvalue weighted by molar-refractivity contribution is 5.90. The first-order valence-electron chi connectivity index (χ1n) is 12.6. The van der Waals surface area contributed by atoms with Crippen LogP contribution in [0.1, 0.15) is 66.2 Å². The molecular weight excluding hydrogens is 448 g/mol. The van der Waals surface area contributed by atoms with Gasteiger partial charge in [-0.05, 0) is 30.7 Å². The van der Waals surface area contributed by atoms with Gasteiger partial charge < -0.3 is 23.7 Å². The number of esters is 2. The van der Waals surface area contributed by atoms with Gasteiger partial charge in [0.15, 0.2) is 12.4 Å². The maximum atomic E-state index is 12.8. The van der Waals surface area contributed by atoms with Gasteiger partial charge >= 0.3 is 11.9 Å². The largest absolute Gasteiger partial charge is 0.458 e. The Morgan fingerprint density at radius 1 is 0.800 bits per heavy atom. The monoisotopic (exact) mass is 482 g/mol. The van der Waals surface area contributed by atoms with Gasteiger partial charge in [0.25, 0.3) is 0 Å². The Hall–Kier alpha value is -2.74. The van der Waals surface area contributed by atoms with Crippen molar-refractivity contribution in [3.63, 3.8) is 0 Å². The molecule has 7 nitrogen and oxygen atoms in total. The number of rotatable bonds is 14. The zero-order valence-corrected chi connectivity index (χ0v) is 20.2. The van der Waals surface area contributed by atoms with Crippen LogP contribution in [0, 0.1) is 0 Å². The van der Waals surface area contributed by atoms with Crippen molar-refractivity contribution in [2.75, 3.05) is 13.2 Å². The zero-order valence-electron chi connectivity index (χ0n) is 20.2. The van der Waals surface area contributed by atoms with E-state index in [1.54, 1.807) is 48.5 Å². The number of hydrogen-bond acceptors (Lipinski definition) is 7. The number of fused-ring (bicyclic) bond motifs is 1. The van der Waals surface area contributed by atoms with Gasteiger partial charge in [-0.1, -0.05) is 75.4 Å². The third-order valence-corrected chi connectivity index (χ3v) is 6.25. The van der Waals surface area contributed by atoms with E-state index in [1.807, 2.05) is 12.1 Å². The Bertz CT molecular complexity index is 933. The fraction of sp³-hybridized carbons (Fsp3) is 0.500. The summed E-state index contributed by atoms with van der Waals surface area (Å²) in [5.74, 6) is -1.00. The second-order valence-corrected chi connectivity index (χ2v) is 8.95. The molecule has 0 unspecified atom stereocenters. The summed E-state index contributed by atoms with van der Waals surface area (Å²) >= 11 is 0. The van der Waals surface area contributed by atoms with Crippen LogP contribution in [-0.4, -0.2) is 55.9 Å². The highest BCUT2D eigenvalue weighted by atomic mass is 16.8. The van der Waals surface area contributed by atoms with Crippen LogP contribution in [-0.2, 0) is 23.7 Å². The molecule has 2 aliphatic rings. The van der Waals surface area contributed by atoms with Crippen molar-refractivity contribution in [2.24, 2.45) is 0 Å². The summed E-state index contributed by atoms with van der Waals surface area (Å²) in [5.41, 5.74) is 0.836. The smallest absolute Gasteiger partial charge is 0.338 e. The lowest BCUT2D eigenvalue weighted by atomic mass is 10.1. The van der Waals surface area contributed by atoms with Crippen LogP contribution < -0.4 is 0 Å². The van der Waals surface area contributed by atoms with Crippen LogP contribution in [0.15, 0.2) is 60.7 Å². The molecule has 35 heavy (non-hydrogen) atoms. The molecule has 188 valence electrons.